The van der Waals surface area contributed by atoms with E-state index in [0.717, 1.165) is 17.0 Å². The Morgan fingerprint density at radius 1 is 0.909 bits per heavy atom. The standard InChI is InChI=1S/C22H12F3N3O4S/c23-22(24,25)14-7-9-16(10-8-14)33(31,32)27-18-6-2-5-17-19(18)21(30)28(20(17)29)15-4-1-3-13(11-15)12-26/h1-11,27H. The molecule has 2 amide bonds. The summed E-state index contributed by atoms with van der Waals surface area (Å²) in [5.74, 6) is -1.52. The summed E-state index contributed by atoms with van der Waals surface area (Å²) in [5, 5.41) is 9.07. The van der Waals surface area contributed by atoms with Crippen molar-refractivity contribution in [2.24, 2.45) is 0 Å². The van der Waals surface area contributed by atoms with Crippen LogP contribution in [0.25, 0.3) is 0 Å². The Labute approximate surface area is 185 Å². The van der Waals surface area contributed by atoms with Gasteiger partial charge in [0.2, 0.25) is 0 Å². The summed E-state index contributed by atoms with van der Waals surface area (Å²) >= 11 is 0. The molecule has 0 saturated heterocycles. The molecule has 4 rings (SSSR count). The van der Waals surface area contributed by atoms with Crippen molar-refractivity contribution >= 4 is 33.2 Å². The van der Waals surface area contributed by atoms with Crippen LogP contribution in [0.4, 0.5) is 24.5 Å². The van der Waals surface area contributed by atoms with E-state index < -0.39 is 38.5 Å². The maximum atomic E-state index is 13.1. The molecule has 3 aromatic carbocycles. The molecule has 33 heavy (non-hydrogen) atoms. The van der Waals surface area contributed by atoms with Crippen LogP contribution in [-0.2, 0) is 16.2 Å². The number of nitrogens with one attached hydrogen (secondary N) is 1. The van der Waals surface area contributed by atoms with Crippen LogP contribution >= 0.6 is 0 Å². The van der Waals surface area contributed by atoms with Crippen LogP contribution in [0.1, 0.15) is 31.8 Å². The summed E-state index contributed by atoms with van der Waals surface area (Å²) in [6, 6.07) is 14.5. The SMILES string of the molecule is N#Cc1cccc(N2C(=O)c3cccc(NS(=O)(=O)c4ccc(C(F)(F)F)cc4)c3C2=O)c1. The fourth-order valence-corrected chi connectivity index (χ4v) is 4.42. The summed E-state index contributed by atoms with van der Waals surface area (Å²) in [7, 11) is -4.37. The first kappa shape index (κ1) is 22.0. The highest BCUT2D eigenvalue weighted by Crippen LogP contribution is 2.35. The first-order valence-electron chi connectivity index (χ1n) is 9.25. The van der Waals surface area contributed by atoms with Gasteiger partial charge in [-0.05, 0) is 54.6 Å². The van der Waals surface area contributed by atoms with E-state index in [1.165, 1.54) is 42.5 Å². The molecule has 0 spiro atoms. The van der Waals surface area contributed by atoms with Crippen molar-refractivity contribution in [2.45, 2.75) is 11.1 Å². The summed E-state index contributed by atoms with van der Waals surface area (Å²) in [4.78, 5) is 26.3. The average molecular weight is 471 g/mol. The zero-order valence-corrected chi connectivity index (χ0v) is 17.2. The van der Waals surface area contributed by atoms with Crippen LogP contribution in [0.2, 0.25) is 0 Å². The number of halogens is 3. The molecule has 0 aliphatic carbocycles. The molecule has 166 valence electrons. The molecule has 3 aromatic rings. The smallest absolute Gasteiger partial charge is 0.279 e. The largest absolute Gasteiger partial charge is 0.416 e. The molecular formula is C22H12F3N3O4S. The van der Waals surface area contributed by atoms with Gasteiger partial charge in [0.25, 0.3) is 21.8 Å². The monoisotopic (exact) mass is 471 g/mol. The summed E-state index contributed by atoms with van der Waals surface area (Å²) in [6.07, 6.45) is -4.63. The Morgan fingerprint density at radius 3 is 2.21 bits per heavy atom. The maximum absolute atomic E-state index is 13.1. The third-order valence-electron chi connectivity index (χ3n) is 4.88. The third-order valence-corrected chi connectivity index (χ3v) is 6.27. The van der Waals surface area contributed by atoms with Crippen LogP contribution in [-0.4, -0.2) is 20.2 Å². The van der Waals surface area contributed by atoms with Gasteiger partial charge in [0.05, 0.1) is 44.6 Å². The summed E-state index contributed by atoms with van der Waals surface area (Å²) in [5.41, 5.74) is -1.14. The Kier molecular flexibility index (Phi) is 5.18. The highest BCUT2D eigenvalue weighted by Gasteiger charge is 2.39. The van der Waals surface area contributed by atoms with Crippen molar-refractivity contribution in [3.05, 3.63) is 89.0 Å². The van der Waals surface area contributed by atoms with Crippen LogP contribution in [0.15, 0.2) is 71.6 Å². The van der Waals surface area contributed by atoms with Crippen LogP contribution in [0, 0.1) is 11.3 Å². The van der Waals surface area contributed by atoms with Gasteiger partial charge < -0.3 is 0 Å². The minimum absolute atomic E-state index is 0.0602. The number of fused-ring (bicyclic) bond motifs is 1. The van der Waals surface area contributed by atoms with Crippen molar-refractivity contribution in [1.29, 1.82) is 5.26 Å². The molecule has 7 nitrogen and oxygen atoms in total. The quantitative estimate of drug-likeness (QED) is 0.575. The molecule has 0 bridgehead atoms. The van der Waals surface area contributed by atoms with Gasteiger partial charge >= 0.3 is 6.18 Å². The predicted octanol–water partition coefficient (Wildman–Crippen LogP) is 4.18. The number of rotatable bonds is 4. The molecule has 1 heterocycles. The van der Waals surface area contributed by atoms with Crippen LogP contribution < -0.4 is 9.62 Å². The molecule has 0 radical (unpaired) electrons. The van der Waals surface area contributed by atoms with Gasteiger partial charge in [-0.2, -0.15) is 18.4 Å². The number of hydrogen-bond donors (Lipinski definition) is 1. The number of nitrogens with zero attached hydrogens (tertiary/aromatic N) is 2. The number of benzene rings is 3. The van der Waals surface area contributed by atoms with Gasteiger partial charge in [-0.1, -0.05) is 12.1 Å². The molecule has 1 aliphatic heterocycles. The lowest BCUT2D eigenvalue weighted by atomic mass is 10.1. The minimum Gasteiger partial charge on any atom is -0.279 e. The van der Waals surface area contributed by atoms with E-state index in [1.54, 1.807) is 0 Å². The molecule has 1 N–H and O–H groups in total. The number of alkyl halides is 3. The molecule has 0 atom stereocenters. The fourth-order valence-electron chi connectivity index (χ4n) is 3.35. The first-order valence-corrected chi connectivity index (χ1v) is 10.7. The van der Waals surface area contributed by atoms with E-state index in [0.29, 0.717) is 12.1 Å². The molecule has 0 aromatic heterocycles. The number of anilines is 2. The van der Waals surface area contributed by atoms with Crippen LogP contribution in [0.5, 0.6) is 0 Å². The number of imide groups is 1. The van der Waals surface area contributed by atoms with Gasteiger partial charge in [-0.25, -0.2) is 13.3 Å². The number of nitriles is 1. The molecular weight excluding hydrogens is 459 g/mol. The number of carbonyl (C=O) groups is 2. The molecule has 1 aliphatic rings. The van der Waals surface area contributed by atoms with Crippen molar-refractivity contribution < 1.29 is 31.2 Å². The van der Waals surface area contributed by atoms with E-state index in [9.17, 15) is 31.2 Å². The average Bonchev–Trinajstić information content (AvgIpc) is 3.04. The molecule has 0 unspecified atom stereocenters. The number of amides is 2. The molecule has 0 fully saturated rings. The summed E-state index contributed by atoms with van der Waals surface area (Å²) < 4.78 is 66.0. The number of carbonyl (C=O) groups excluding carboxylic acids is 2. The minimum atomic E-state index is -4.63. The van der Waals surface area contributed by atoms with Gasteiger partial charge in [-0.3, -0.25) is 14.3 Å². The van der Waals surface area contributed by atoms with E-state index in [1.807, 2.05) is 6.07 Å². The lowest BCUT2D eigenvalue weighted by Gasteiger charge is -2.14. The Morgan fingerprint density at radius 2 is 1.58 bits per heavy atom. The van der Waals surface area contributed by atoms with E-state index in [4.69, 9.17) is 5.26 Å². The van der Waals surface area contributed by atoms with Crippen molar-refractivity contribution in [1.82, 2.24) is 0 Å². The normalized spacial score (nSPS) is 13.6. The lowest BCUT2D eigenvalue weighted by Crippen LogP contribution is -2.29. The Bertz CT molecular complexity index is 1440. The highest BCUT2D eigenvalue weighted by atomic mass is 32.2. The van der Waals surface area contributed by atoms with Crippen molar-refractivity contribution in [3.63, 3.8) is 0 Å². The van der Waals surface area contributed by atoms with Crippen molar-refractivity contribution in [3.8, 4) is 6.07 Å². The molecule has 0 saturated carbocycles. The lowest BCUT2D eigenvalue weighted by molar-refractivity contribution is -0.137. The van der Waals surface area contributed by atoms with E-state index in [-0.39, 0.29) is 28.1 Å². The van der Waals surface area contributed by atoms with E-state index in [2.05, 4.69) is 4.72 Å². The van der Waals surface area contributed by atoms with Gasteiger partial charge in [0, 0.05) is 0 Å². The zero-order valence-electron chi connectivity index (χ0n) is 16.4. The second-order valence-corrected chi connectivity index (χ2v) is 8.65. The number of hydrogen-bond acceptors (Lipinski definition) is 5. The Hall–Kier alpha value is -4.17. The predicted molar refractivity (Wildman–Crippen MR) is 111 cm³/mol. The van der Waals surface area contributed by atoms with Crippen molar-refractivity contribution in [2.75, 3.05) is 9.62 Å². The topological polar surface area (TPSA) is 107 Å². The summed E-state index contributed by atoms with van der Waals surface area (Å²) in [6.45, 7) is 0. The van der Waals surface area contributed by atoms with Crippen LogP contribution in [0.3, 0.4) is 0 Å². The Balaban J connectivity index is 1.70. The second-order valence-electron chi connectivity index (χ2n) is 6.96. The first-order chi connectivity index (χ1) is 15.5. The van der Waals surface area contributed by atoms with Gasteiger partial charge in [0.1, 0.15) is 0 Å². The highest BCUT2D eigenvalue weighted by molar-refractivity contribution is 7.92. The van der Waals surface area contributed by atoms with E-state index >= 15 is 0 Å². The van der Waals surface area contributed by atoms with Gasteiger partial charge in [-0.15, -0.1) is 0 Å². The van der Waals surface area contributed by atoms with Gasteiger partial charge in [0.15, 0.2) is 0 Å². The third kappa shape index (κ3) is 3.92. The second kappa shape index (κ2) is 7.75. The maximum Gasteiger partial charge on any atom is 0.416 e. The fraction of sp³-hybridized carbons (Fsp3) is 0.0455. The zero-order chi connectivity index (χ0) is 24.0. The number of sulfonamides is 1. The molecule has 11 heteroatoms.